The lowest BCUT2D eigenvalue weighted by Gasteiger charge is -2.22. The van der Waals surface area contributed by atoms with E-state index in [0.29, 0.717) is 10.0 Å². The number of ether oxygens (including phenoxy) is 1. The molecule has 0 saturated carbocycles. The maximum Gasteiger partial charge on any atom is 0.165 e. The Morgan fingerprint density at radius 3 is 2.36 bits per heavy atom. The molecule has 0 fully saturated rings. The molecular formula is C10H12BrFO2. The van der Waals surface area contributed by atoms with Gasteiger partial charge in [-0.15, -0.1) is 0 Å². The fourth-order valence-electron chi connectivity index (χ4n) is 1.30. The highest BCUT2D eigenvalue weighted by Gasteiger charge is 2.26. The van der Waals surface area contributed by atoms with Crippen molar-refractivity contribution in [2.45, 2.75) is 19.4 Å². The molecule has 0 radical (unpaired) electrons. The molecular weight excluding hydrogens is 251 g/mol. The van der Waals surface area contributed by atoms with Gasteiger partial charge in [0, 0.05) is 10.0 Å². The first kappa shape index (κ1) is 11.5. The summed E-state index contributed by atoms with van der Waals surface area (Å²) < 4.78 is 18.9. The van der Waals surface area contributed by atoms with E-state index in [1.54, 1.807) is 19.9 Å². The Morgan fingerprint density at radius 1 is 1.43 bits per heavy atom. The van der Waals surface area contributed by atoms with Gasteiger partial charge in [-0.05, 0) is 26.0 Å². The lowest BCUT2D eigenvalue weighted by Crippen LogP contribution is -2.18. The van der Waals surface area contributed by atoms with E-state index >= 15 is 0 Å². The quantitative estimate of drug-likeness (QED) is 0.889. The number of hydrogen-bond acceptors (Lipinski definition) is 2. The van der Waals surface area contributed by atoms with Crippen LogP contribution in [0.4, 0.5) is 4.39 Å². The Bertz CT molecular complexity index is 345. The van der Waals surface area contributed by atoms with Crippen molar-refractivity contribution in [1.29, 1.82) is 0 Å². The average Bonchev–Trinajstić information content (AvgIpc) is 2.06. The van der Waals surface area contributed by atoms with Crippen LogP contribution >= 0.6 is 15.9 Å². The van der Waals surface area contributed by atoms with Gasteiger partial charge in [0.15, 0.2) is 11.6 Å². The van der Waals surface area contributed by atoms with E-state index in [0.717, 1.165) is 0 Å². The van der Waals surface area contributed by atoms with Crippen LogP contribution in [0.5, 0.6) is 5.75 Å². The maximum atomic E-state index is 13.3. The largest absolute Gasteiger partial charge is 0.493 e. The van der Waals surface area contributed by atoms with Crippen molar-refractivity contribution in [3.63, 3.8) is 0 Å². The summed E-state index contributed by atoms with van der Waals surface area (Å²) in [6, 6.07) is 2.84. The summed E-state index contributed by atoms with van der Waals surface area (Å²) in [6.45, 7) is 3.16. The maximum absolute atomic E-state index is 13.3. The predicted molar refractivity (Wildman–Crippen MR) is 55.9 cm³/mol. The fourth-order valence-corrected chi connectivity index (χ4v) is 2.10. The van der Waals surface area contributed by atoms with Crippen LogP contribution in [0, 0.1) is 5.82 Å². The van der Waals surface area contributed by atoms with Gasteiger partial charge in [0.2, 0.25) is 0 Å². The molecule has 0 amide bonds. The van der Waals surface area contributed by atoms with Gasteiger partial charge < -0.3 is 9.84 Å². The molecule has 0 bridgehead atoms. The molecule has 0 unspecified atom stereocenters. The molecule has 1 N–H and O–H groups in total. The van der Waals surface area contributed by atoms with E-state index in [9.17, 15) is 9.50 Å². The van der Waals surface area contributed by atoms with Crippen molar-refractivity contribution in [2.24, 2.45) is 0 Å². The number of halogens is 2. The molecule has 1 aromatic carbocycles. The summed E-state index contributed by atoms with van der Waals surface area (Å²) >= 11 is 3.25. The van der Waals surface area contributed by atoms with Crippen molar-refractivity contribution in [1.82, 2.24) is 0 Å². The van der Waals surface area contributed by atoms with Crippen LogP contribution in [-0.2, 0) is 5.60 Å². The van der Waals surface area contributed by atoms with Gasteiger partial charge >= 0.3 is 0 Å². The molecule has 0 aromatic heterocycles. The third kappa shape index (κ3) is 2.07. The first-order valence-electron chi connectivity index (χ1n) is 4.12. The second kappa shape index (κ2) is 3.87. The van der Waals surface area contributed by atoms with E-state index in [4.69, 9.17) is 4.74 Å². The Labute approximate surface area is 90.8 Å². The van der Waals surface area contributed by atoms with E-state index in [1.165, 1.54) is 13.2 Å². The number of benzene rings is 1. The van der Waals surface area contributed by atoms with Gasteiger partial charge in [-0.2, -0.15) is 0 Å². The number of aliphatic hydroxyl groups is 1. The highest BCUT2D eigenvalue weighted by molar-refractivity contribution is 9.10. The minimum atomic E-state index is -1.15. The fraction of sp³-hybridized carbons (Fsp3) is 0.400. The third-order valence-corrected chi connectivity index (χ3v) is 2.54. The van der Waals surface area contributed by atoms with Gasteiger partial charge in [-0.1, -0.05) is 15.9 Å². The summed E-state index contributed by atoms with van der Waals surface area (Å²) in [5.74, 6) is -0.403. The van der Waals surface area contributed by atoms with Crippen LogP contribution in [0.1, 0.15) is 19.4 Å². The van der Waals surface area contributed by atoms with Crippen molar-refractivity contribution in [2.75, 3.05) is 7.11 Å². The van der Waals surface area contributed by atoms with Crippen LogP contribution in [0.3, 0.4) is 0 Å². The molecule has 0 atom stereocenters. The highest BCUT2D eigenvalue weighted by atomic mass is 79.9. The summed E-state index contributed by atoms with van der Waals surface area (Å²) in [5.41, 5.74) is -0.730. The molecule has 2 nitrogen and oxygen atoms in total. The van der Waals surface area contributed by atoms with E-state index in [-0.39, 0.29) is 5.75 Å². The number of hydrogen-bond donors (Lipinski definition) is 1. The van der Waals surface area contributed by atoms with E-state index < -0.39 is 11.4 Å². The second-order valence-electron chi connectivity index (χ2n) is 3.50. The first-order valence-corrected chi connectivity index (χ1v) is 4.92. The zero-order chi connectivity index (χ0) is 10.9. The van der Waals surface area contributed by atoms with Gasteiger partial charge in [-0.25, -0.2) is 4.39 Å². The van der Waals surface area contributed by atoms with Crippen LogP contribution < -0.4 is 4.74 Å². The molecule has 14 heavy (non-hydrogen) atoms. The summed E-state index contributed by atoms with van der Waals surface area (Å²) in [6.07, 6.45) is 0. The number of rotatable bonds is 2. The standard InChI is InChI=1S/C10H12BrFO2/c1-10(2,13)8-6(11)4-5-7(12)9(8)14-3/h4-5,13H,1-3H3. The zero-order valence-electron chi connectivity index (χ0n) is 8.27. The van der Waals surface area contributed by atoms with Crippen LogP contribution in [0.2, 0.25) is 0 Å². The molecule has 0 aliphatic heterocycles. The minimum absolute atomic E-state index is 0.0758. The van der Waals surface area contributed by atoms with E-state index in [2.05, 4.69) is 15.9 Å². The Morgan fingerprint density at radius 2 is 2.00 bits per heavy atom. The normalized spacial score (nSPS) is 11.6. The lowest BCUT2D eigenvalue weighted by molar-refractivity contribution is 0.0741. The molecule has 0 aliphatic carbocycles. The topological polar surface area (TPSA) is 29.5 Å². The molecule has 0 saturated heterocycles. The minimum Gasteiger partial charge on any atom is -0.493 e. The first-order chi connectivity index (χ1) is 6.38. The Balaban J connectivity index is 3.46. The van der Waals surface area contributed by atoms with Crippen molar-refractivity contribution >= 4 is 15.9 Å². The molecule has 0 heterocycles. The smallest absolute Gasteiger partial charge is 0.165 e. The number of methoxy groups -OCH3 is 1. The predicted octanol–water partition coefficient (Wildman–Crippen LogP) is 2.82. The summed E-state index contributed by atoms with van der Waals surface area (Å²) in [5, 5.41) is 9.83. The third-order valence-electron chi connectivity index (χ3n) is 1.87. The van der Waals surface area contributed by atoms with Gasteiger partial charge in [0.05, 0.1) is 12.7 Å². The summed E-state index contributed by atoms with van der Waals surface area (Å²) in [7, 11) is 1.38. The molecule has 0 spiro atoms. The van der Waals surface area contributed by atoms with Crippen molar-refractivity contribution < 1.29 is 14.2 Å². The van der Waals surface area contributed by atoms with Crippen molar-refractivity contribution in [3.8, 4) is 5.75 Å². The van der Waals surface area contributed by atoms with Crippen LogP contribution in [0.25, 0.3) is 0 Å². The van der Waals surface area contributed by atoms with Gasteiger partial charge in [-0.3, -0.25) is 0 Å². The summed E-state index contributed by atoms with van der Waals surface area (Å²) in [4.78, 5) is 0. The Hall–Kier alpha value is -0.610. The van der Waals surface area contributed by atoms with Crippen molar-refractivity contribution in [3.05, 3.63) is 28.0 Å². The van der Waals surface area contributed by atoms with Gasteiger partial charge in [0.1, 0.15) is 0 Å². The lowest BCUT2D eigenvalue weighted by atomic mass is 9.97. The molecule has 0 aliphatic rings. The SMILES string of the molecule is COc1c(F)ccc(Br)c1C(C)(C)O. The zero-order valence-corrected chi connectivity index (χ0v) is 9.85. The monoisotopic (exact) mass is 262 g/mol. The van der Waals surface area contributed by atoms with Crippen LogP contribution in [0.15, 0.2) is 16.6 Å². The average molecular weight is 263 g/mol. The second-order valence-corrected chi connectivity index (χ2v) is 4.35. The molecule has 1 aromatic rings. The van der Waals surface area contributed by atoms with Crippen LogP contribution in [-0.4, -0.2) is 12.2 Å². The highest BCUT2D eigenvalue weighted by Crippen LogP contribution is 2.37. The molecule has 1 rings (SSSR count). The van der Waals surface area contributed by atoms with Gasteiger partial charge in [0.25, 0.3) is 0 Å². The Kier molecular flexibility index (Phi) is 3.17. The molecule has 4 heteroatoms. The molecule has 78 valence electrons. The van der Waals surface area contributed by atoms with E-state index in [1.807, 2.05) is 0 Å².